The zero-order chi connectivity index (χ0) is 17.9. The summed E-state index contributed by atoms with van der Waals surface area (Å²) >= 11 is 0. The average Bonchev–Trinajstić information content (AvgIpc) is 3.34. The first-order chi connectivity index (χ1) is 12.7. The fourth-order valence-electron chi connectivity index (χ4n) is 2.46. The lowest BCUT2D eigenvalue weighted by molar-refractivity contribution is 0.0735. The fourth-order valence-corrected chi connectivity index (χ4v) is 2.46. The highest BCUT2D eigenvalue weighted by Gasteiger charge is 2.13. The van der Waals surface area contributed by atoms with Crippen LogP contribution in [0.1, 0.15) is 16.2 Å². The Labute approximate surface area is 148 Å². The first-order valence-corrected chi connectivity index (χ1v) is 7.91. The SMILES string of the molecule is Cc1nnc(-c2cccc(C(=O)Oc3ccc(-c4ncc[nH]4)cc3)c2)o1. The van der Waals surface area contributed by atoms with Crippen LogP contribution in [0.3, 0.4) is 0 Å². The molecule has 0 aliphatic heterocycles. The monoisotopic (exact) mass is 346 g/mol. The van der Waals surface area contributed by atoms with Crippen LogP contribution in [0, 0.1) is 6.92 Å². The van der Waals surface area contributed by atoms with Crippen molar-refractivity contribution in [1.82, 2.24) is 20.2 Å². The molecule has 0 amide bonds. The van der Waals surface area contributed by atoms with Crippen LogP contribution in [0.15, 0.2) is 65.3 Å². The molecule has 0 atom stereocenters. The van der Waals surface area contributed by atoms with E-state index in [9.17, 15) is 4.79 Å². The molecule has 7 heteroatoms. The molecule has 0 unspecified atom stereocenters. The fraction of sp³-hybridized carbons (Fsp3) is 0.0526. The summed E-state index contributed by atoms with van der Waals surface area (Å²) in [6.45, 7) is 1.71. The number of H-pyrrole nitrogens is 1. The predicted molar refractivity (Wildman–Crippen MR) is 93.5 cm³/mol. The van der Waals surface area contributed by atoms with E-state index in [1.54, 1.807) is 55.7 Å². The summed E-state index contributed by atoms with van der Waals surface area (Å²) in [5.41, 5.74) is 1.96. The standard InChI is InChI=1S/C19H14N4O3/c1-12-22-23-18(25-12)14-3-2-4-15(11-14)19(24)26-16-7-5-13(6-8-16)17-20-9-10-21-17/h2-11H,1H3,(H,20,21). The third-order valence-electron chi connectivity index (χ3n) is 3.71. The van der Waals surface area contributed by atoms with Gasteiger partial charge in [0, 0.05) is 30.4 Å². The van der Waals surface area contributed by atoms with E-state index >= 15 is 0 Å². The van der Waals surface area contributed by atoms with Crippen molar-refractivity contribution in [3.05, 3.63) is 72.4 Å². The van der Waals surface area contributed by atoms with Gasteiger partial charge in [-0.15, -0.1) is 10.2 Å². The Morgan fingerprint density at radius 3 is 2.62 bits per heavy atom. The number of aromatic amines is 1. The molecule has 0 bridgehead atoms. The maximum absolute atomic E-state index is 12.4. The maximum Gasteiger partial charge on any atom is 0.343 e. The molecule has 2 heterocycles. The minimum Gasteiger partial charge on any atom is -0.423 e. The van der Waals surface area contributed by atoms with Gasteiger partial charge in [-0.1, -0.05) is 6.07 Å². The number of aromatic nitrogens is 4. The number of rotatable bonds is 4. The van der Waals surface area contributed by atoms with E-state index in [0.29, 0.717) is 28.7 Å². The Kier molecular flexibility index (Phi) is 4.03. The molecule has 0 aliphatic rings. The van der Waals surface area contributed by atoms with E-state index in [2.05, 4.69) is 20.2 Å². The van der Waals surface area contributed by atoms with Gasteiger partial charge in [0.25, 0.3) is 0 Å². The van der Waals surface area contributed by atoms with E-state index in [4.69, 9.17) is 9.15 Å². The largest absolute Gasteiger partial charge is 0.423 e. The second kappa shape index (κ2) is 6.64. The van der Waals surface area contributed by atoms with E-state index < -0.39 is 5.97 Å². The molecular formula is C19H14N4O3. The van der Waals surface area contributed by atoms with E-state index in [1.165, 1.54) is 0 Å². The van der Waals surface area contributed by atoms with Crippen LogP contribution in [0.5, 0.6) is 5.75 Å². The molecule has 0 radical (unpaired) electrons. The summed E-state index contributed by atoms with van der Waals surface area (Å²) in [6, 6.07) is 14.0. The van der Waals surface area contributed by atoms with Crippen LogP contribution >= 0.6 is 0 Å². The summed E-state index contributed by atoms with van der Waals surface area (Å²) in [7, 11) is 0. The van der Waals surface area contributed by atoms with Gasteiger partial charge in [0.05, 0.1) is 5.56 Å². The van der Waals surface area contributed by atoms with Gasteiger partial charge >= 0.3 is 5.97 Å². The van der Waals surface area contributed by atoms with Crippen molar-refractivity contribution in [1.29, 1.82) is 0 Å². The summed E-state index contributed by atoms with van der Waals surface area (Å²) in [5.74, 6) is 1.56. The number of carbonyl (C=O) groups excluding carboxylic acids is 1. The topological polar surface area (TPSA) is 93.9 Å². The third kappa shape index (κ3) is 3.23. The van der Waals surface area contributed by atoms with Crippen LogP contribution in [0.25, 0.3) is 22.8 Å². The van der Waals surface area contributed by atoms with Crippen LogP contribution in [-0.4, -0.2) is 26.1 Å². The normalized spacial score (nSPS) is 10.7. The maximum atomic E-state index is 12.4. The molecule has 7 nitrogen and oxygen atoms in total. The molecule has 0 spiro atoms. The number of carbonyl (C=O) groups is 1. The number of benzene rings is 2. The van der Waals surface area contributed by atoms with E-state index in [1.807, 2.05) is 12.1 Å². The lowest BCUT2D eigenvalue weighted by atomic mass is 10.1. The average molecular weight is 346 g/mol. The second-order valence-electron chi connectivity index (χ2n) is 5.56. The molecule has 0 fully saturated rings. The van der Waals surface area contributed by atoms with Crippen LogP contribution in [-0.2, 0) is 0 Å². The summed E-state index contributed by atoms with van der Waals surface area (Å²) in [5, 5.41) is 7.75. The first kappa shape index (κ1) is 15.8. The summed E-state index contributed by atoms with van der Waals surface area (Å²) in [6.07, 6.45) is 3.43. The van der Waals surface area contributed by atoms with Gasteiger partial charge in [-0.05, 0) is 42.5 Å². The molecule has 128 valence electrons. The third-order valence-corrected chi connectivity index (χ3v) is 3.71. The molecule has 2 aromatic heterocycles. The highest BCUT2D eigenvalue weighted by Crippen LogP contribution is 2.22. The van der Waals surface area contributed by atoms with Crippen molar-refractivity contribution < 1.29 is 13.9 Å². The Morgan fingerprint density at radius 1 is 1.08 bits per heavy atom. The number of hydrogen-bond acceptors (Lipinski definition) is 6. The zero-order valence-corrected chi connectivity index (χ0v) is 13.8. The Bertz CT molecular complexity index is 1040. The van der Waals surface area contributed by atoms with Gasteiger partial charge in [-0.25, -0.2) is 9.78 Å². The van der Waals surface area contributed by atoms with Gasteiger partial charge in [0.1, 0.15) is 11.6 Å². The second-order valence-corrected chi connectivity index (χ2v) is 5.56. The van der Waals surface area contributed by atoms with Crippen LogP contribution in [0.2, 0.25) is 0 Å². The van der Waals surface area contributed by atoms with Crippen LogP contribution < -0.4 is 4.74 Å². The van der Waals surface area contributed by atoms with Gasteiger partial charge in [-0.3, -0.25) is 0 Å². The minimum atomic E-state index is -0.464. The smallest absolute Gasteiger partial charge is 0.343 e. The zero-order valence-electron chi connectivity index (χ0n) is 13.8. The molecular weight excluding hydrogens is 332 g/mol. The highest BCUT2D eigenvalue weighted by atomic mass is 16.5. The van der Waals surface area contributed by atoms with Crippen molar-refractivity contribution in [2.75, 3.05) is 0 Å². The van der Waals surface area contributed by atoms with E-state index in [-0.39, 0.29) is 0 Å². The lowest BCUT2D eigenvalue weighted by Crippen LogP contribution is -2.08. The molecule has 4 rings (SSSR count). The molecule has 0 saturated heterocycles. The molecule has 0 aliphatic carbocycles. The van der Waals surface area contributed by atoms with Crippen molar-refractivity contribution in [3.8, 4) is 28.6 Å². The molecule has 4 aromatic rings. The molecule has 26 heavy (non-hydrogen) atoms. The Morgan fingerprint density at radius 2 is 1.92 bits per heavy atom. The van der Waals surface area contributed by atoms with Crippen molar-refractivity contribution in [2.45, 2.75) is 6.92 Å². The predicted octanol–water partition coefficient (Wildman–Crippen LogP) is 3.65. The number of hydrogen-bond donors (Lipinski definition) is 1. The Hall–Kier alpha value is -3.74. The number of nitrogens with zero attached hydrogens (tertiary/aromatic N) is 3. The van der Waals surface area contributed by atoms with Crippen LogP contribution in [0.4, 0.5) is 0 Å². The van der Waals surface area contributed by atoms with Gasteiger partial charge in [0.2, 0.25) is 11.8 Å². The molecule has 1 N–H and O–H groups in total. The highest BCUT2D eigenvalue weighted by molar-refractivity contribution is 5.92. The number of nitrogens with one attached hydrogen (secondary N) is 1. The van der Waals surface area contributed by atoms with Crippen molar-refractivity contribution in [2.24, 2.45) is 0 Å². The van der Waals surface area contributed by atoms with Gasteiger partial charge < -0.3 is 14.1 Å². The molecule has 2 aromatic carbocycles. The molecule has 0 saturated carbocycles. The van der Waals surface area contributed by atoms with E-state index in [0.717, 1.165) is 11.4 Å². The quantitative estimate of drug-likeness (QED) is 0.448. The summed E-state index contributed by atoms with van der Waals surface area (Å²) in [4.78, 5) is 19.6. The lowest BCUT2D eigenvalue weighted by Gasteiger charge is -2.06. The van der Waals surface area contributed by atoms with Crippen molar-refractivity contribution in [3.63, 3.8) is 0 Å². The minimum absolute atomic E-state index is 0.361. The summed E-state index contributed by atoms with van der Waals surface area (Å²) < 4.78 is 10.8. The number of imidazole rings is 1. The Balaban J connectivity index is 1.51. The number of aryl methyl sites for hydroxylation is 1. The van der Waals surface area contributed by atoms with Gasteiger partial charge in [0.15, 0.2) is 0 Å². The number of esters is 1. The van der Waals surface area contributed by atoms with Gasteiger partial charge in [-0.2, -0.15) is 0 Å². The van der Waals surface area contributed by atoms with Crippen molar-refractivity contribution >= 4 is 5.97 Å². The first-order valence-electron chi connectivity index (χ1n) is 7.91. The number of ether oxygens (including phenoxy) is 1.